The average molecular weight is 272 g/mol. The van der Waals surface area contributed by atoms with E-state index in [1.54, 1.807) is 0 Å². The highest BCUT2D eigenvalue weighted by atomic mass is 16.7. The second kappa shape index (κ2) is 5.48. The van der Waals surface area contributed by atoms with Gasteiger partial charge in [-0.2, -0.15) is 0 Å². The molecule has 2 heterocycles. The number of aromatic nitrogens is 1. The molecule has 1 aliphatic rings. The number of hydrogen-bond donors (Lipinski definition) is 1. The average Bonchev–Trinajstić information content (AvgIpc) is 2.79. The number of rotatable bonds is 4. The number of nitrogens with zero attached hydrogens (tertiary/aromatic N) is 1. The van der Waals surface area contributed by atoms with Crippen LogP contribution in [0.1, 0.15) is 19.4 Å². The first-order valence-corrected chi connectivity index (χ1v) is 6.99. The van der Waals surface area contributed by atoms with Gasteiger partial charge in [0.1, 0.15) is 0 Å². The Morgan fingerprint density at radius 1 is 1.30 bits per heavy atom. The molecule has 1 fully saturated rings. The molecule has 1 saturated heterocycles. The smallest absolute Gasteiger partial charge is 0.163 e. The molecule has 1 aromatic carbocycles. The van der Waals surface area contributed by atoms with Crippen molar-refractivity contribution in [1.29, 1.82) is 0 Å². The Morgan fingerprint density at radius 3 is 2.95 bits per heavy atom. The third-order valence-electron chi connectivity index (χ3n) is 3.49. The Bertz CT molecular complexity index is 593. The number of ether oxygens (including phenoxy) is 2. The summed E-state index contributed by atoms with van der Waals surface area (Å²) in [7, 11) is 0. The van der Waals surface area contributed by atoms with E-state index in [-0.39, 0.29) is 6.10 Å². The molecule has 4 heteroatoms. The van der Waals surface area contributed by atoms with Gasteiger partial charge in [-0.3, -0.25) is 4.98 Å². The molecule has 0 amide bonds. The van der Waals surface area contributed by atoms with Crippen molar-refractivity contribution in [1.82, 2.24) is 10.3 Å². The zero-order chi connectivity index (χ0) is 14.0. The van der Waals surface area contributed by atoms with E-state index in [4.69, 9.17) is 9.47 Å². The predicted octanol–water partition coefficient (Wildman–Crippen LogP) is 2.48. The normalized spacial score (nSPS) is 21.4. The van der Waals surface area contributed by atoms with Gasteiger partial charge < -0.3 is 14.8 Å². The van der Waals surface area contributed by atoms with Crippen molar-refractivity contribution in [2.45, 2.75) is 32.3 Å². The van der Waals surface area contributed by atoms with Gasteiger partial charge in [-0.15, -0.1) is 0 Å². The van der Waals surface area contributed by atoms with Crippen molar-refractivity contribution in [2.75, 3.05) is 13.2 Å². The molecule has 4 nitrogen and oxygen atoms in total. The topological polar surface area (TPSA) is 43.4 Å². The number of pyridine rings is 1. The zero-order valence-electron chi connectivity index (χ0n) is 11.9. The van der Waals surface area contributed by atoms with Crippen LogP contribution < -0.4 is 5.32 Å². The fraction of sp³-hybridized carbons (Fsp3) is 0.438. The molecular formula is C16H20N2O2. The first kappa shape index (κ1) is 13.5. The minimum absolute atomic E-state index is 0.123. The maximum absolute atomic E-state index is 5.78. The van der Waals surface area contributed by atoms with Crippen molar-refractivity contribution in [3.8, 4) is 0 Å². The highest BCUT2D eigenvalue weighted by Crippen LogP contribution is 2.22. The lowest BCUT2D eigenvalue weighted by molar-refractivity contribution is -0.137. The fourth-order valence-corrected chi connectivity index (χ4v) is 2.54. The monoisotopic (exact) mass is 272 g/mol. The molecule has 2 aromatic rings. The molecular weight excluding hydrogens is 252 g/mol. The molecule has 20 heavy (non-hydrogen) atoms. The highest BCUT2D eigenvalue weighted by Gasteiger charge is 2.32. The number of benzene rings is 1. The van der Waals surface area contributed by atoms with E-state index in [1.165, 1.54) is 10.9 Å². The molecule has 0 saturated carbocycles. The van der Waals surface area contributed by atoms with E-state index < -0.39 is 5.79 Å². The Kier molecular flexibility index (Phi) is 3.70. The molecule has 0 aliphatic carbocycles. The van der Waals surface area contributed by atoms with E-state index in [1.807, 2.05) is 38.2 Å². The Hall–Kier alpha value is -1.49. The van der Waals surface area contributed by atoms with Crippen LogP contribution >= 0.6 is 0 Å². The molecule has 1 atom stereocenters. The molecule has 0 radical (unpaired) electrons. The predicted molar refractivity (Wildman–Crippen MR) is 78.4 cm³/mol. The third kappa shape index (κ3) is 2.98. The van der Waals surface area contributed by atoms with Crippen molar-refractivity contribution in [3.05, 3.63) is 42.1 Å². The number of nitrogens with one attached hydrogen (secondary N) is 1. The largest absolute Gasteiger partial charge is 0.348 e. The molecule has 0 bridgehead atoms. The van der Waals surface area contributed by atoms with Crippen molar-refractivity contribution in [3.63, 3.8) is 0 Å². The number of fused-ring (bicyclic) bond motifs is 1. The van der Waals surface area contributed by atoms with Crippen molar-refractivity contribution in [2.24, 2.45) is 0 Å². The van der Waals surface area contributed by atoms with Gasteiger partial charge in [0.05, 0.1) is 18.2 Å². The zero-order valence-corrected chi connectivity index (χ0v) is 11.9. The summed E-state index contributed by atoms with van der Waals surface area (Å²) in [6, 6.07) is 10.3. The molecule has 106 valence electrons. The van der Waals surface area contributed by atoms with Crippen LogP contribution in [-0.2, 0) is 16.0 Å². The standard InChI is InChI=1S/C16H20N2O2/c1-16(2)19-11-13(20-16)10-17-9-12-7-8-18-15-6-4-3-5-14(12)15/h3-8,13,17H,9-11H2,1-2H3. The first-order valence-electron chi connectivity index (χ1n) is 6.99. The van der Waals surface area contributed by atoms with Crippen LogP contribution in [0.25, 0.3) is 10.9 Å². The third-order valence-corrected chi connectivity index (χ3v) is 3.49. The summed E-state index contributed by atoms with van der Waals surface area (Å²) < 4.78 is 11.3. The molecule has 1 unspecified atom stereocenters. The van der Waals surface area contributed by atoms with Gasteiger partial charge in [0, 0.05) is 24.7 Å². The van der Waals surface area contributed by atoms with Gasteiger partial charge in [-0.1, -0.05) is 18.2 Å². The lowest BCUT2D eigenvalue weighted by atomic mass is 10.1. The van der Waals surface area contributed by atoms with E-state index in [9.17, 15) is 0 Å². The van der Waals surface area contributed by atoms with Gasteiger partial charge >= 0.3 is 0 Å². The maximum atomic E-state index is 5.78. The molecule has 3 rings (SSSR count). The second-order valence-electron chi connectivity index (χ2n) is 5.57. The summed E-state index contributed by atoms with van der Waals surface area (Å²) in [5, 5.41) is 4.64. The second-order valence-corrected chi connectivity index (χ2v) is 5.57. The molecule has 0 spiro atoms. The quantitative estimate of drug-likeness (QED) is 0.928. The van der Waals surface area contributed by atoms with Crippen LogP contribution in [0.15, 0.2) is 36.5 Å². The van der Waals surface area contributed by atoms with Crippen LogP contribution in [-0.4, -0.2) is 30.0 Å². The van der Waals surface area contributed by atoms with Crippen LogP contribution in [0, 0.1) is 0 Å². The minimum Gasteiger partial charge on any atom is -0.348 e. The number of hydrogen-bond acceptors (Lipinski definition) is 4. The molecule has 1 N–H and O–H groups in total. The first-order chi connectivity index (χ1) is 9.64. The summed E-state index contributed by atoms with van der Waals surface area (Å²) in [6.07, 6.45) is 1.98. The van der Waals surface area contributed by atoms with Gasteiger partial charge in [-0.05, 0) is 31.5 Å². The van der Waals surface area contributed by atoms with Gasteiger partial charge in [0.2, 0.25) is 0 Å². The van der Waals surface area contributed by atoms with Crippen molar-refractivity contribution < 1.29 is 9.47 Å². The Labute approximate surface area is 119 Å². The van der Waals surface area contributed by atoms with Crippen LogP contribution in [0.5, 0.6) is 0 Å². The van der Waals surface area contributed by atoms with E-state index in [0.717, 1.165) is 18.6 Å². The summed E-state index contributed by atoms with van der Waals surface area (Å²) in [4.78, 5) is 4.37. The molecule has 1 aliphatic heterocycles. The van der Waals surface area contributed by atoms with E-state index in [0.29, 0.717) is 6.61 Å². The fourth-order valence-electron chi connectivity index (χ4n) is 2.54. The van der Waals surface area contributed by atoms with Gasteiger partial charge in [-0.25, -0.2) is 0 Å². The lowest BCUT2D eigenvalue weighted by Gasteiger charge is -2.17. The Morgan fingerprint density at radius 2 is 2.15 bits per heavy atom. The minimum atomic E-state index is -0.449. The summed E-state index contributed by atoms with van der Waals surface area (Å²) in [5.41, 5.74) is 2.29. The summed E-state index contributed by atoms with van der Waals surface area (Å²) in [6.45, 7) is 6.15. The maximum Gasteiger partial charge on any atom is 0.163 e. The SMILES string of the molecule is CC1(C)OCC(CNCc2ccnc3ccccc23)O1. The van der Waals surface area contributed by atoms with Crippen molar-refractivity contribution >= 4 is 10.9 Å². The summed E-state index contributed by atoms with van der Waals surface area (Å²) in [5.74, 6) is -0.449. The lowest BCUT2D eigenvalue weighted by Crippen LogP contribution is -2.30. The van der Waals surface area contributed by atoms with Crippen LogP contribution in [0.2, 0.25) is 0 Å². The van der Waals surface area contributed by atoms with E-state index in [2.05, 4.69) is 22.4 Å². The van der Waals surface area contributed by atoms with E-state index >= 15 is 0 Å². The molecule has 1 aromatic heterocycles. The van der Waals surface area contributed by atoms with Crippen LogP contribution in [0.3, 0.4) is 0 Å². The number of para-hydroxylation sites is 1. The van der Waals surface area contributed by atoms with Gasteiger partial charge in [0.25, 0.3) is 0 Å². The summed E-state index contributed by atoms with van der Waals surface area (Å²) >= 11 is 0. The highest BCUT2D eigenvalue weighted by molar-refractivity contribution is 5.81. The van der Waals surface area contributed by atoms with Gasteiger partial charge in [0.15, 0.2) is 5.79 Å². The van der Waals surface area contributed by atoms with Crippen LogP contribution in [0.4, 0.5) is 0 Å². The Balaban J connectivity index is 1.61.